The maximum absolute atomic E-state index is 8.64. The van der Waals surface area contributed by atoms with Crippen LogP contribution in [0, 0.1) is 0 Å². The van der Waals surface area contributed by atoms with Crippen LogP contribution in [-0.2, 0) is 29.3 Å². The molecular weight excluding hydrogens is 536 g/mol. The molecule has 1 atom stereocenters. The molecule has 6 nitrogen and oxygen atoms in total. The number of hydrogen-bond donors (Lipinski definition) is 1. The van der Waals surface area contributed by atoms with Gasteiger partial charge in [0.05, 0.1) is 70.9 Å². The van der Waals surface area contributed by atoms with Gasteiger partial charge < -0.3 is 28.8 Å². The molecule has 3 rings (SSSR count). The molecule has 7 heteroatoms. The van der Waals surface area contributed by atoms with E-state index in [2.05, 4.69) is 52.3 Å². The molecule has 0 aliphatic heterocycles. The molecule has 0 heterocycles. The van der Waals surface area contributed by atoms with Crippen LogP contribution in [0.5, 0.6) is 0 Å². The highest BCUT2D eigenvalue weighted by molar-refractivity contribution is 9.09. The van der Waals surface area contributed by atoms with Crippen molar-refractivity contribution in [1.29, 1.82) is 0 Å². The quantitative estimate of drug-likeness (QED) is 0.126. The molecule has 0 aromatic heterocycles. The molecular formula is C30H37BrO6. The summed E-state index contributed by atoms with van der Waals surface area (Å²) in [6.45, 7) is 4.25. The van der Waals surface area contributed by atoms with Gasteiger partial charge in [0.25, 0.3) is 0 Å². The van der Waals surface area contributed by atoms with Crippen LogP contribution in [0.3, 0.4) is 0 Å². The zero-order chi connectivity index (χ0) is 26.0. The number of aliphatic hydroxyl groups is 1. The summed E-state index contributed by atoms with van der Waals surface area (Å²) in [5.74, 6) is 0. The number of aliphatic hydroxyl groups excluding tert-OH is 1. The van der Waals surface area contributed by atoms with E-state index in [1.807, 2.05) is 54.6 Å². The minimum absolute atomic E-state index is 0.00488. The molecule has 0 aliphatic carbocycles. The Kier molecular flexibility index (Phi) is 13.9. The zero-order valence-electron chi connectivity index (χ0n) is 21.2. The van der Waals surface area contributed by atoms with Crippen LogP contribution >= 0.6 is 15.9 Å². The van der Waals surface area contributed by atoms with Crippen LogP contribution in [0.2, 0.25) is 0 Å². The summed E-state index contributed by atoms with van der Waals surface area (Å²) in [4.78, 5) is 0.00488. The third kappa shape index (κ3) is 9.61. The molecule has 1 unspecified atom stereocenters. The van der Waals surface area contributed by atoms with Crippen LogP contribution < -0.4 is 0 Å². The van der Waals surface area contributed by atoms with Gasteiger partial charge in [0.1, 0.15) is 5.60 Å². The first-order chi connectivity index (χ1) is 18.3. The Bertz CT molecular complexity index is 861. The van der Waals surface area contributed by atoms with Crippen molar-refractivity contribution in [2.75, 3.05) is 66.1 Å². The molecule has 0 saturated carbocycles. The van der Waals surface area contributed by atoms with Gasteiger partial charge in [0.15, 0.2) is 0 Å². The SMILES string of the molecule is OCCOCCOCCOCCOCC(Br)COC(c1ccccc1)(c1ccccc1)c1ccccc1. The van der Waals surface area contributed by atoms with Crippen molar-refractivity contribution in [2.24, 2.45) is 0 Å². The fourth-order valence-corrected chi connectivity index (χ4v) is 4.29. The molecule has 0 spiro atoms. The first-order valence-electron chi connectivity index (χ1n) is 12.6. The van der Waals surface area contributed by atoms with Crippen LogP contribution in [0.25, 0.3) is 0 Å². The second-order valence-electron chi connectivity index (χ2n) is 8.32. The zero-order valence-corrected chi connectivity index (χ0v) is 22.8. The van der Waals surface area contributed by atoms with Crippen LogP contribution in [-0.4, -0.2) is 76.0 Å². The van der Waals surface area contributed by atoms with Gasteiger partial charge in [-0.15, -0.1) is 0 Å². The van der Waals surface area contributed by atoms with Gasteiger partial charge in [-0.25, -0.2) is 0 Å². The predicted molar refractivity (Wildman–Crippen MR) is 148 cm³/mol. The van der Waals surface area contributed by atoms with Gasteiger partial charge in [0, 0.05) is 0 Å². The third-order valence-electron chi connectivity index (χ3n) is 5.67. The summed E-state index contributed by atoms with van der Waals surface area (Å²) < 4.78 is 28.7. The summed E-state index contributed by atoms with van der Waals surface area (Å²) in [7, 11) is 0. The Morgan fingerprint density at radius 3 is 1.32 bits per heavy atom. The van der Waals surface area contributed by atoms with Gasteiger partial charge in [0.2, 0.25) is 0 Å². The standard InChI is InChI=1S/C30H37BrO6/c31-29(24-36-23-22-35-21-20-34-19-18-33-17-16-32)25-37-30(26-10-4-1-5-11-26,27-12-6-2-7-13-27)28-14-8-3-9-15-28/h1-15,29,32H,16-25H2. The van der Waals surface area contributed by atoms with Crippen molar-refractivity contribution in [1.82, 2.24) is 0 Å². The van der Waals surface area contributed by atoms with E-state index in [1.165, 1.54) is 0 Å². The molecule has 1 N–H and O–H groups in total. The molecule has 0 saturated heterocycles. The highest BCUT2D eigenvalue weighted by Gasteiger charge is 2.37. The van der Waals surface area contributed by atoms with Gasteiger partial charge in [-0.3, -0.25) is 0 Å². The smallest absolute Gasteiger partial charge is 0.143 e. The maximum atomic E-state index is 8.64. The summed E-state index contributed by atoms with van der Waals surface area (Å²) in [5.41, 5.74) is 2.47. The highest BCUT2D eigenvalue weighted by Crippen LogP contribution is 2.40. The second kappa shape index (κ2) is 17.4. The number of benzene rings is 3. The normalized spacial score (nSPS) is 12.5. The van der Waals surface area contributed by atoms with E-state index in [9.17, 15) is 0 Å². The van der Waals surface area contributed by atoms with Gasteiger partial charge in [-0.1, -0.05) is 107 Å². The second-order valence-corrected chi connectivity index (χ2v) is 9.62. The first kappa shape index (κ1) is 29.5. The summed E-state index contributed by atoms with van der Waals surface area (Å²) >= 11 is 3.74. The van der Waals surface area contributed by atoms with Crippen molar-refractivity contribution in [3.05, 3.63) is 108 Å². The predicted octanol–water partition coefficient (Wildman–Crippen LogP) is 4.82. The molecule has 0 fully saturated rings. The van der Waals surface area contributed by atoms with Gasteiger partial charge >= 0.3 is 0 Å². The average molecular weight is 574 g/mol. The molecule has 3 aromatic rings. The van der Waals surface area contributed by atoms with E-state index in [1.54, 1.807) is 0 Å². The van der Waals surface area contributed by atoms with Crippen LogP contribution in [0.4, 0.5) is 0 Å². The Balaban J connectivity index is 1.50. The Morgan fingerprint density at radius 1 is 0.541 bits per heavy atom. The van der Waals surface area contributed by atoms with E-state index >= 15 is 0 Å². The lowest BCUT2D eigenvalue weighted by Crippen LogP contribution is -2.35. The fourth-order valence-electron chi connectivity index (χ4n) is 3.97. The molecule has 37 heavy (non-hydrogen) atoms. The van der Waals surface area contributed by atoms with Gasteiger partial charge in [-0.05, 0) is 16.7 Å². The van der Waals surface area contributed by atoms with Crippen molar-refractivity contribution in [3.8, 4) is 0 Å². The summed E-state index contributed by atoms with van der Waals surface area (Å²) in [6, 6.07) is 31.0. The monoisotopic (exact) mass is 572 g/mol. The van der Waals surface area contributed by atoms with E-state index in [4.69, 9.17) is 28.8 Å². The maximum Gasteiger partial charge on any atom is 0.143 e. The lowest BCUT2D eigenvalue weighted by molar-refractivity contribution is -0.0143. The highest BCUT2D eigenvalue weighted by atomic mass is 79.9. The van der Waals surface area contributed by atoms with Crippen molar-refractivity contribution in [3.63, 3.8) is 0 Å². The Morgan fingerprint density at radius 2 is 0.919 bits per heavy atom. The average Bonchev–Trinajstić information content (AvgIpc) is 2.96. The minimum atomic E-state index is -0.748. The molecule has 3 aromatic carbocycles. The Labute approximate surface area is 228 Å². The number of ether oxygens (including phenoxy) is 5. The lowest BCUT2D eigenvalue weighted by atomic mass is 9.80. The van der Waals surface area contributed by atoms with E-state index < -0.39 is 5.60 Å². The molecule has 0 radical (unpaired) electrons. The largest absolute Gasteiger partial charge is 0.394 e. The topological polar surface area (TPSA) is 66.4 Å². The third-order valence-corrected chi connectivity index (χ3v) is 6.20. The lowest BCUT2D eigenvalue weighted by Gasteiger charge is -2.36. The van der Waals surface area contributed by atoms with Crippen molar-refractivity contribution < 1.29 is 28.8 Å². The van der Waals surface area contributed by atoms with E-state index in [-0.39, 0.29) is 11.4 Å². The van der Waals surface area contributed by atoms with Crippen LogP contribution in [0.1, 0.15) is 16.7 Å². The minimum Gasteiger partial charge on any atom is -0.394 e. The molecule has 0 amide bonds. The fraction of sp³-hybridized carbons (Fsp3) is 0.400. The van der Waals surface area contributed by atoms with E-state index in [0.29, 0.717) is 59.5 Å². The molecule has 200 valence electrons. The van der Waals surface area contributed by atoms with E-state index in [0.717, 1.165) is 16.7 Å². The number of rotatable bonds is 19. The summed E-state index contributed by atoms with van der Waals surface area (Å²) in [6.07, 6.45) is 0. The number of hydrogen-bond acceptors (Lipinski definition) is 6. The molecule has 0 aliphatic rings. The van der Waals surface area contributed by atoms with Gasteiger partial charge in [-0.2, -0.15) is 0 Å². The Hall–Kier alpha value is -2.10. The molecule has 0 bridgehead atoms. The number of halogens is 1. The summed E-state index contributed by atoms with van der Waals surface area (Å²) in [5, 5.41) is 8.64. The van der Waals surface area contributed by atoms with Crippen molar-refractivity contribution in [2.45, 2.75) is 10.4 Å². The number of alkyl halides is 1. The van der Waals surface area contributed by atoms with Crippen LogP contribution in [0.15, 0.2) is 91.0 Å². The first-order valence-corrected chi connectivity index (χ1v) is 13.6. The van der Waals surface area contributed by atoms with Crippen molar-refractivity contribution >= 4 is 15.9 Å².